The Morgan fingerprint density at radius 1 is 1.15 bits per heavy atom. The predicted octanol–water partition coefficient (Wildman–Crippen LogP) is 3.82. The van der Waals surface area contributed by atoms with Crippen LogP contribution in [-0.2, 0) is 12.0 Å². The number of amides is 1. The molecule has 1 aliphatic rings. The lowest BCUT2D eigenvalue weighted by Gasteiger charge is -2.30. The van der Waals surface area contributed by atoms with Gasteiger partial charge in [-0.2, -0.15) is 0 Å². The predicted molar refractivity (Wildman–Crippen MR) is 107 cm³/mol. The van der Waals surface area contributed by atoms with Crippen LogP contribution in [0.4, 0.5) is 0 Å². The summed E-state index contributed by atoms with van der Waals surface area (Å²) in [6, 6.07) is 15.7. The van der Waals surface area contributed by atoms with Crippen LogP contribution >= 0.6 is 12.4 Å². The van der Waals surface area contributed by atoms with Crippen molar-refractivity contribution in [2.24, 2.45) is 5.73 Å². The summed E-state index contributed by atoms with van der Waals surface area (Å²) in [6.07, 6.45) is 4.57. The molecule has 3 rings (SSSR count). The van der Waals surface area contributed by atoms with E-state index in [-0.39, 0.29) is 23.7 Å². The monoisotopic (exact) mass is 374 g/mol. The topological polar surface area (TPSA) is 64.3 Å². The zero-order valence-corrected chi connectivity index (χ0v) is 16.0. The molecule has 1 aliphatic carbocycles. The molecule has 4 nitrogen and oxygen atoms in total. The van der Waals surface area contributed by atoms with Gasteiger partial charge in [0.1, 0.15) is 5.75 Å². The van der Waals surface area contributed by atoms with Gasteiger partial charge in [0.05, 0.1) is 7.11 Å². The van der Waals surface area contributed by atoms with E-state index in [9.17, 15) is 4.79 Å². The second kappa shape index (κ2) is 9.06. The fourth-order valence-corrected chi connectivity index (χ4v) is 3.72. The Bertz CT molecular complexity index is 725. The number of hydrogen-bond donors (Lipinski definition) is 2. The molecule has 5 heteroatoms. The van der Waals surface area contributed by atoms with Crippen molar-refractivity contribution in [2.75, 3.05) is 13.7 Å². The summed E-state index contributed by atoms with van der Waals surface area (Å²) in [5.74, 6) is 0.838. The maximum Gasteiger partial charge on any atom is 0.251 e. The molecule has 0 heterocycles. The summed E-state index contributed by atoms with van der Waals surface area (Å²) in [7, 11) is 1.69. The number of nitrogens with one attached hydrogen (secondary N) is 1. The summed E-state index contributed by atoms with van der Waals surface area (Å²) in [5.41, 5.74) is 8.57. The molecule has 0 aromatic heterocycles. The Morgan fingerprint density at radius 2 is 1.85 bits per heavy atom. The van der Waals surface area contributed by atoms with Gasteiger partial charge in [-0.15, -0.1) is 12.4 Å². The molecule has 0 bridgehead atoms. The highest BCUT2D eigenvalue weighted by Crippen LogP contribution is 2.41. The van der Waals surface area contributed by atoms with Crippen LogP contribution in [0.3, 0.4) is 0 Å². The van der Waals surface area contributed by atoms with Crippen molar-refractivity contribution in [2.45, 2.75) is 37.6 Å². The molecule has 0 atom stereocenters. The van der Waals surface area contributed by atoms with Gasteiger partial charge in [-0.05, 0) is 48.2 Å². The highest BCUT2D eigenvalue weighted by atomic mass is 35.5. The normalized spacial score (nSPS) is 15.2. The Kier molecular flexibility index (Phi) is 7.06. The van der Waals surface area contributed by atoms with E-state index in [1.54, 1.807) is 7.11 Å². The summed E-state index contributed by atoms with van der Waals surface area (Å²) in [6.45, 7) is 1.14. The Labute approximate surface area is 161 Å². The molecule has 0 aliphatic heterocycles. The first-order valence-electron chi connectivity index (χ1n) is 8.89. The second-order valence-electron chi connectivity index (χ2n) is 6.80. The first-order chi connectivity index (χ1) is 12.2. The van der Waals surface area contributed by atoms with E-state index in [1.165, 1.54) is 18.4 Å². The fraction of sp³-hybridized carbons (Fsp3) is 0.381. The summed E-state index contributed by atoms with van der Waals surface area (Å²) >= 11 is 0. The van der Waals surface area contributed by atoms with Gasteiger partial charge in [-0.25, -0.2) is 0 Å². The summed E-state index contributed by atoms with van der Waals surface area (Å²) in [5, 5.41) is 3.14. The van der Waals surface area contributed by atoms with Crippen molar-refractivity contribution >= 4 is 18.3 Å². The molecule has 3 N–H and O–H groups in total. The van der Waals surface area contributed by atoms with Crippen molar-refractivity contribution in [1.82, 2.24) is 5.32 Å². The van der Waals surface area contributed by atoms with Crippen molar-refractivity contribution in [3.05, 3.63) is 65.2 Å². The zero-order chi connectivity index (χ0) is 17.7. The van der Waals surface area contributed by atoms with Crippen molar-refractivity contribution in [3.8, 4) is 5.75 Å². The van der Waals surface area contributed by atoms with Crippen molar-refractivity contribution < 1.29 is 9.53 Å². The first-order valence-corrected chi connectivity index (χ1v) is 8.89. The molecule has 1 amide bonds. The van der Waals surface area contributed by atoms with Gasteiger partial charge in [-0.1, -0.05) is 37.1 Å². The maximum atomic E-state index is 12.5. The van der Waals surface area contributed by atoms with Gasteiger partial charge >= 0.3 is 0 Å². The molecule has 2 aromatic rings. The standard InChI is InChI=1S/C21H26N2O2.ClH/c1-25-19-6-4-5-18(13-19)21(11-2-3-12-21)15-23-20(24)17-9-7-16(14-22)8-10-17;/h4-10,13H,2-3,11-12,14-15,22H2,1H3,(H,23,24);1H. The molecule has 0 unspecified atom stereocenters. The quantitative estimate of drug-likeness (QED) is 0.807. The van der Waals surface area contributed by atoms with Crippen LogP contribution < -0.4 is 15.8 Å². The number of methoxy groups -OCH3 is 1. The lowest BCUT2D eigenvalue weighted by molar-refractivity contribution is 0.0943. The minimum absolute atomic E-state index is 0. The lowest BCUT2D eigenvalue weighted by Crippen LogP contribution is -2.39. The highest BCUT2D eigenvalue weighted by Gasteiger charge is 2.36. The van der Waals surface area contributed by atoms with Gasteiger partial charge in [0.2, 0.25) is 0 Å². The third-order valence-corrected chi connectivity index (χ3v) is 5.28. The van der Waals surface area contributed by atoms with E-state index in [1.807, 2.05) is 36.4 Å². The number of halogens is 1. The van der Waals surface area contributed by atoms with E-state index in [0.29, 0.717) is 18.7 Å². The number of rotatable bonds is 6. The Balaban J connectivity index is 0.00000243. The van der Waals surface area contributed by atoms with E-state index in [0.717, 1.165) is 24.2 Å². The van der Waals surface area contributed by atoms with Crippen molar-refractivity contribution in [1.29, 1.82) is 0 Å². The zero-order valence-electron chi connectivity index (χ0n) is 15.2. The van der Waals surface area contributed by atoms with Crippen LogP contribution in [0.15, 0.2) is 48.5 Å². The van der Waals surface area contributed by atoms with E-state index in [2.05, 4.69) is 17.4 Å². The number of carbonyl (C=O) groups is 1. The van der Waals surface area contributed by atoms with Crippen LogP contribution in [0.2, 0.25) is 0 Å². The molecule has 26 heavy (non-hydrogen) atoms. The van der Waals surface area contributed by atoms with Gasteiger partial charge in [-0.3, -0.25) is 4.79 Å². The number of carbonyl (C=O) groups excluding carboxylic acids is 1. The largest absolute Gasteiger partial charge is 0.497 e. The smallest absolute Gasteiger partial charge is 0.251 e. The molecule has 0 radical (unpaired) electrons. The lowest BCUT2D eigenvalue weighted by atomic mass is 9.78. The number of benzene rings is 2. The molecule has 0 spiro atoms. The van der Waals surface area contributed by atoms with Crippen molar-refractivity contribution in [3.63, 3.8) is 0 Å². The van der Waals surface area contributed by atoms with Gasteiger partial charge in [0.25, 0.3) is 5.91 Å². The van der Waals surface area contributed by atoms with Crippen LogP contribution in [0.1, 0.15) is 47.2 Å². The minimum Gasteiger partial charge on any atom is -0.497 e. The van der Waals surface area contributed by atoms with Crippen LogP contribution in [0, 0.1) is 0 Å². The maximum absolute atomic E-state index is 12.5. The Morgan fingerprint density at radius 3 is 2.46 bits per heavy atom. The number of nitrogens with two attached hydrogens (primary N) is 1. The molecule has 1 fully saturated rings. The van der Waals surface area contributed by atoms with E-state index >= 15 is 0 Å². The third kappa shape index (κ3) is 4.37. The van der Waals surface area contributed by atoms with Gasteiger partial charge in [0, 0.05) is 24.1 Å². The third-order valence-electron chi connectivity index (χ3n) is 5.28. The fourth-order valence-electron chi connectivity index (χ4n) is 3.72. The van der Waals surface area contributed by atoms with Crippen LogP contribution in [-0.4, -0.2) is 19.6 Å². The molecule has 2 aromatic carbocycles. The number of hydrogen-bond acceptors (Lipinski definition) is 3. The van der Waals surface area contributed by atoms with Gasteiger partial charge in [0.15, 0.2) is 0 Å². The molecular formula is C21H27ClN2O2. The minimum atomic E-state index is -0.0299. The SMILES string of the molecule is COc1cccc(C2(CNC(=O)c3ccc(CN)cc3)CCCC2)c1.Cl. The molecule has 140 valence electrons. The highest BCUT2D eigenvalue weighted by molar-refractivity contribution is 5.94. The first kappa shape index (κ1) is 20.3. The van der Waals surface area contributed by atoms with E-state index < -0.39 is 0 Å². The Hall–Kier alpha value is -2.04. The van der Waals surface area contributed by atoms with Crippen LogP contribution in [0.5, 0.6) is 5.75 Å². The molecule has 0 saturated heterocycles. The van der Waals surface area contributed by atoms with E-state index in [4.69, 9.17) is 10.5 Å². The summed E-state index contributed by atoms with van der Waals surface area (Å²) < 4.78 is 5.38. The van der Waals surface area contributed by atoms with Gasteiger partial charge < -0.3 is 15.8 Å². The van der Waals surface area contributed by atoms with Crippen LogP contribution in [0.25, 0.3) is 0 Å². The molecular weight excluding hydrogens is 348 g/mol. The average Bonchev–Trinajstić information content (AvgIpc) is 3.16. The summed E-state index contributed by atoms with van der Waals surface area (Å²) in [4.78, 5) is 12.5. The molecule has 1 saturated carbocycles. The number of ether oxygens (including phenoxy) is 1. The average molecular weight is 375 g/mol. The second-order valence-corrected chi connectivity index (χ2v) is 6.80.